The van der Waals surface area contributed by atoms with E-state index in [4.69, 9.17) is 0 Å². The van der Waals surface area contributed by atoms with Crippen LogP contribution < -0.4 is 5.32 Å². The highest BCUT2D eigenvalue weighted by atomic mass is 19.1. The lowest BCUT2D eigenvalue weighted by atomic mass is 10.00. The number of benzene rings is 1. The maximum atomic E-state index is 13.1. The van der Waals surface area contributed by atoms with Crippen molar-refractivity contribution in [3.63, 3.8) is 0 Å². The Balaban J connectivity index is 1.67. The fraction of sp³-hybridized carbons (Fsp3) is 0.286. The Morgan fingerprint density at radius 3 is 2.71 bits per heavy atom. The summed E-state index contributed by atoms with van der Waals surface area (Å²) in [5.41, 5.74) is 1.32. The zero-order valence-electron chi connectivity index (χ0n) is 15.6. The van der Waals surface area contributed by atoms with Crippen molar-refractivity contribution in [2.45, 2.75) is 19.8 Å². The monoisotopic (exact) mass is 380 g/mol. The van der Waals surface area contributed by atoms with Crippen molar-refractivity contribution >= 4 is 23.0 Å². The Morgan fingerprint density at radius 1 is 1.18 bits per heavy atom. The summed E-state index contributed by atoms with van der Waals surface area (Å²) in [4.78, 5) is 32.0. The van der Waals surface area contributed by atoms with Gasteiger partial charge in [0.2, 0.25) is 5.82 Å². The topological polar surface area (TPSA) is 66.7 Å². The van der Waals surface area contributed by atoms with Gasteiger partial charge in [-0.1, -0.05) is 13.0 Å². The molecule has 3 aromatic rings. The molecule has 3 heterocycles. The van der Waals surface area contributed by atoms with Gasteiger partial charge in [-0.2, -0.15) is 0 Å². The first kappa shape index (κ1) is 18.2. The molecule has 1 saturated heterocycles. The number of likely N-dealkylation sites (tertiary alicyclic amines) is 1. The molecule has 1 fully saturated rings. The Kier molecular flexibility index (Phi) is 4.81. The zero-order valence-corrected chi connectivity index (χ0v) is 15.6. The summed E-state index contributed by atoms with van der Waals surface area (Å²) in [6.45, 7) is 3.53. The second-order valence-corrected chi connectivity index (χ2v) is 7.20. The number of nitrogens with one attached hydrogen (secondary N) is 1. The summed E-state index contributed by atoms with van der Waals surface area (Å²) in [7, 11) is 0. The van der Waals surface area contributed by atoms with Crippen molar-refractivity contribution in [2.75, 3.05) is 18.4 Å². The predicted molar refractivity (Wildman–Crippen MR) is 104 cm³/mol. The molecule has 4 rings (SSSR count). The van der Waals surface area contributed by atoms with Crippen molar-refractivity contribution < 1.29 is 14.0 Å². The molecule has 1 atom stereocenters. The number of carbonyl (C=O) groups excluding carboxylic acids is 2. The van der Waals surface area contributed by atoms with Gasteiger partial charge >= 0.3 is 0 Å². The van der Waals surface area contributed by atoms with E-state index in [2.05, 4.69) is 17.2 Å². The van der Waals surface area contributed by atoms with Crippen LogP contribution in [0.25, 0.3) is 5.52 Å². The zero-order chi connectivity index (χ0) is 19.7. The second-order valence-electron chi connectivity index (χ2n) is 7.20. The number of hydrogen-bond acceptors (Lipinski definition) is 3. The van der Waals surface area contributed by atoms with E-state index in [0.717, 1.165) is 12.8 Å². The van der Waals surface area contributed by atoms with Crippen LogP contribution in [0.2, 0.25) is 0 Å². The quantitative estimate of drug-likeness (QED) is 0.755. The molecular weight excluding hydrogens is 359 g/mol. The summed E-state index contributed by atoms with van der Waals surface area (Å²) in [5, 5.41) is 2.70. The molecule has 144 valence electrons. The van der Waals surface area contributed by atoms with E-state index >= 15 is 0 Å². The van der Waals surface area contributed by atoms with E-state index in [9.17, 15) is 14.0 Å². The number of hydrogen-bond donors (Lipinski definition) is 1. The minimum absolute atomic E-state index is 0.119. The number of aromatic nitrogens is 2. The van der Waals surface area contributed by atoms with Crippen LogP contribution in [0, 0.1) is 11.7 Å². The van der Waals surface area contributed by atoms with Crippen LogP contribution in [0.1, 0.15) is 40.9 Å². The molecule has 7 heteroatoms. The van der Waals surface area contributed by atoms with E-state index in [-0.39, 0.29) is 23.2 Å². The first-order valence-electron chi connectivity index (χ1n) is 9.36. The Morgan fingerprint density at radius 2 is 1.96 bits per heavy atom. The van der Waals surface area contributed by atoms with Gasteiger partial charge in [0.05, 0.1) is 5.52 Å². The molecule has 0 radical (unpaired) electrons. The van der Waals surface area contributed by atoms with Crippen LogP contribution >= 0.6 is 0 Å². The third kappa shape index (κ3) is 3.47. The van der Waals surface area contributed by atoms with E-state index in [1.54, 1.807) is 22.7 Å². The number of rotatable bonds is 3. The van der Waals surface area contributed by atoms with Gasteiger partial charge in [0.25, 0.3) is 11.8 Å². The molecule has 2 amide bonds. The SMILES string of the molecule is CC1CCCN(C(=O)c2nc(C(=O)Nc3ccc(F)cc3)n3ccccc23)C1. The Hall–Kier alpha value is -3.22. The highest BCUT2D eigenvalue weighted by Crippen LogP contribution is 2.21. The lowest BCUT2D eigenvalue weighted by Gasteiger charge is -2.30. The van der Waals surface area contributed by atoms with Gasteiger partial charge in [-0.15, -0.1) is 0 Å². The molecule has 0 bridgehead atoms. The Labute approximate surface area is 162 Å². The Bertz CT molecular complexity index is 1030. The maximum absolute atomic E-state index is 13.1. The van der Waals surface area contributed by atoms with Gasteiger partial charge in [-0.3, -0.25) is 14.0 Å². The molecule has 2 aromatic heterocycles. The second kappa shape index (κ2) is 7.42. The molecule has 1 aliphatic heterocycles. The summed E-state index contributed by atoms with van der Waals surface area (Å²) in [6, 6.07) is 10.9. The first-order chi connectivity index (χ1) is 13.5. The number of amides is 2. The van der Waals surface area contributed by atoms with E-state index < -0.39 is 5.91 Å². The number of carbonyl (C=O) groups is 2. The molecule has 0 aliphatic carbocycles. The van der Waals surface area contributed by atoms with Crippen LogP contribution in [-0.4, -0.2) is 39.2 Å². The minimum atomic E-state index is -0.459. The number of halogens is 1. The largest absolute Gasteiger partial charge is 0.337 e. The number of piperidine rings is 1. The van der Waals surface area contributed by atoms with Crippen LogP contribution in [0.15, 0.2) is 48.7 Å². The molecule has 28 heavy (non-hydrogen) atoms. The molecule has 0 saturated carbocycles. The summed E-state index contributed by atoms with van der Waals surface area (Å²) in [5.74, 6) is -0.427. The minimum Gasteiger partial charge on any atom is -0.337 e. The normalized spacial score (nSPS) is 16.9. The summed E-state index contributed by atoms with van der Waals surface area (Å²) >= 11 is 0. The third-order valence-electron chi connectivity index (χ3n) is 5.00. The fourth-order valence-electron chi connectivity index (χ4n) is 3.60. The highest BCUT2D eigenvalue weighted by molar-refractivity contribution is 6.06. The van der Waals surface area contributed by atoms with Gasteiger partial charge in [0, 0.05) is 25.0 Å². The molecule has 1 aliphatic rings. The van der Waals surface area contributed by atoms with E-state index in [0.29, 0.717) is 30.2 Å². The van der Waals surface area contributed by atoms with Gasteiger partial charge in [0.15, 0.2) is 5.69 Å². The van der Waals surface area contributed by atoms with Crippen molar-refractivity contribution in [1.82, 2.24) is 14.3 Å². The van der Waals surface area contributed by atoms with Gasteiger partial charge in [-0.05, 0) is 55.2 Å². The third-order valence-corrected chi connectivity index (χ3v) is 5.00. The van der Waals surface area contributed by atoms with E-state index in [1.165, 1.54) is 24.3 Å². The number of fused-ring (bicyclic) bond motifs is 1. The lowest BCUT2D eigenvalue weighted by molar-refractivity contribution is 0.0679. The molecule has 0 spiro atoms. The first-order valence-corrected chi connectivity index (χ1v) is 9.36. The molecule has 1 N–H and O–H groups in total. The van der Waals surface area contributed by atoms with Gasteiger partial charge < -0.3 is 10.2 Å². The molecule has 1 unspecified atom stereocenters. The number of nitrogens with zero attached hydrogens (tertiary/aromatic N) is 3. The van der Waals surface area contributed by atoms with Crippen LogP contribution in [0.4, 0.5) is 10.1 Å². The van der Waals surface area contributed by atoms with Crippen molar-refractivity contribution in [1.29, 1.82) is 0 Å². The van der Waals surface area contributed by atoms with Gasteiger partial charge in [0.1, 0.15) is 5.82 Å². The predicted octanol–water partition coefficient (Wildman–Crippen LogP) is 3.60. The van der Waals surface area contributed by atoms with Gasteiger partial charge in [-0.25, -0.2) is 9.37 Å². The average Bonchev–Trinajstić information content (AvgIpc) is 3.09. The summed E-state index contributed by atoms with van der Waals surface area (Å²) < 4.78 is 14.7. The van der Waals surface area contributed by atoms with Crippen molar-refractivity contribution in [3.8, 4) is 0 Å². The molecular formula is C21H21FN4O2. The van der Waals surface area contributed by atoms with Crippen molar-refractivity contribution in [2.24, 2.45) is 5.92 Å². The standard InChI is InChI=1S/C21H21FN4O2/c1-14-5-4-11-25(13-14)21(28)18-17-6-2-3-12-26(17)19(24-18)20(27)23-16-9-7-15(22)8-10-16/h2-3,6-10,12,14H,4-5,11,13H2,1H3,(H,23,27). The van der Waals surface area contributed by atoms with Crippen molar-refractivity contribution in [3.05, 3.63) is 66.0 Å². The fourth-order valence-corrected chi connectivity index (χ4v) is 3.60. The molecule has 1 aromatic carbocycles. The number of imidazole rings is 1. The molecule has 6 nitrogen and oxygen atoms in total. The van der Waals surface area contributed by atoms with Crippen LogP contribution in [0.3, 0.4) is 0 Å². The van der Waals surface area contributed by atoms with Crippen LogP contribution in [-0.2, 0) is 0 Å². The number of pyridine rings is 1. The maximum Gasteiger partial charge on any atom is 0.292 e. The van der Waals surface area contributed by atoms with E-state index in [1.807, 2.05) is 11.0 Å². The smallest absolute Gasteiger partial charge is 0.292 e. The average molecular weight is 380 g/mol. The summed E-state index contributed by atoms with van der Waals surface area (Å²) in [6.07, 6.45) is 3.78. The lowest BCUT2D eigenvalue weighted by Crippen LogP contribution is -2.39. The van der Waals surface area contributed by atoms with Crippen LogP contribution in [0.5, 0.6) is 0 Å². The highest BCUT2D eigenvalue weighted by Gasteiger charge is 2.27. The number of anilines is 1.